The van der Waals surface area contributed by atoms with Crippen LogP contribution in [0.1, 0.15) is 45.6 Å². The lowest BCUT2D eigenvalue weighted by atomic mass is 9.97. The SMILES string of the molecule is O=C(Nc1ccccc1-c1cccc(C(F)(F)F)c1)c1csc(C2CCN(C/C=C\c3ccco3)CC2)n1. The summed E-state index contributed by atoms with van der Waals surface area (Å²) in [5.41, 5.74) is 0.895. The van der Waals surface area contributed by atoms with E-state index < -0.39 is 11.7 Å². The topological polar surface area (TPSA) is 58.4 Å². The van der Waals surface area contributed by atoms with E-state index in [1.165, 1.54) is 17.4 Å². The Bertz CT molecular complexity index is 1400. The molecule has 2 aromatic carbocycles. The van der Waals surface area contributed by atoms with E-state index in [0.717, 1.165) is 55.4 Å². The fourth-order valence-electron chi connectivity index (χ4n) is 4.54. The van der Waals surface area contributed by atoms with Gasteiger partial charge < -0.3 is 9.73 Å². The van der Waals surface area contributed by atoms with Gasteiger partial charge in [0.25, 0.3) is 5.91 Å². The van der Waals surface area contributed by atoms with E-state index in [9.17, 15) is 18.0 Å². The van der Waals surface area contributed by atoms with E-state index in [2.05, 4.69) is 21.3 Å². The molecule has 5 rings (SSSR count). The summed E-state index contributed by atoms with van der Waals surface area (Å²) in [7, 11) is 0. The molecule has 0 aliphatic carbocycles. The Labute approximate surface area is 222 Å². The molecule has 1 aliphatic rings. The summed E-state index contributed by atoms with van der Waals surface area (Å²) >= 11 is 1.48. The molecule has 3 heterocycles. The number of amides is 1. The van der Waals surface area contributed by atoms with Gasteiger partial charge in [-0.05, 0) is 67.9 Å². The maximum Gasteiger partial charge on any atom is 0.416 e. The van der Waals surface area contributed by atoms with E-state index >= 15 is 0 Å². The minimum absolute atomic E-state index is 0.296. The quantitative estimate of drug-likeness (QED) is 0.264. The normalized spacial score (nSPS) is 15.2. The second-order valence-electron chi connectivity index (χ2n) is 9.14. The van der Waals surface area contributed by atoms with Gasteiger partial charge >= 0.3 is 6.18 Å². The predicted molar refractivity (Wildman–Crippen MR) is 143 cm³/mol. The standard InChI is InChI=1S/C29H26F3N3O2S/c30-29(31,32)22-7-3-6-21(18-22)24-10-1-2-11-25(24)33-27(36)26-19-38-28(34-26)20-12-15-35(16-13-20)14-4-8-23-9-5-17-37-23/h1-11,17-20H,12-16H2,(H,33,36)/b8-4-. The summed E-state index contributed by atoms with van der Waals surface area (Å²) in [5.74, 6) is 0.752. The third kappa shape index (κ3) is 6.23. The number of aromatic nitrogens is 1. The van der Waals surface area contributed by atoms with Crippen molar-refractivity contribution in [1.29, 1.82) is 0 Å². The van der Waals surface area contributed by atoms with Gasteiger partial charge in [-0.2, -0.15) is 13.2 Å². The van der Waals surface area contributed by atoms with Crippen molar-refractivity contribution >= 4 is 29.0 Å². The zero-order valence-electron chi connectivity index (χ0n) is 20.4. The maximum atomic E-state index is 13.2. The van der Waals surface area contributed by atoms with Gasteiger partial charge in [-0.25, -0.2) is 4.98 Å². The van der Waals surface area contributed by atoms with Crippen LogP contribution in [0.15, 0.2) is 82.8 Å². The molecule has 1 fully saturated rings. The smallest absolute Gasteiger partial charge is 0.416 e. The van der Waals surface area contributed by atoms with Crippen LogP contribution in [0, 0.1) is 0 Å². The van der Waals surface area contributed by atoms with Crippen molar-refractivity contribution in [2.45, 2.75) is 24.9 Å². The van der Waals surface area contributed by atoms with Gasteiger partial charge in [-0.1, -0.05) is 36.4 Å². The van der Waals surface area contributed by atoms with Crippen molar-refractivity contribution in [3.8, 4) is 11.1 Å². The summed E-state index contributed by atoms with van der Waals surface area (Å²) in [6.45, 7) is 2.74. The molecule has 0 saturated carbocycles. The Kier molecular flexibility index (Phi) is 7.76. The van der Waals surface area contributed by atoms with Crippen molar-refractivity contribution in [2.24, 2.45) is 0 Å². The van der Waals surface area contributed by atoms with Crippen LogP contribution in [0.5, 0.6) is 0 Å². The first kappa shape index (κ1) is 25.9. The van der Waals surface area contributed by atoms with Gasteiger partial charge in [0.15, 0.2) is 0 Å². The average molecular weight is 538 g/mol. The third-order valence-electron chi connectivity index (χ3n) is 6.56. The number of likely N-dealkylation sites (tertiary alicyclic amines) is 1. The van der Waals surface area contributed by atoms with Crippen LogP contribution in [0.3, 0.4) is 0 Å². The lowest BCUT2D eigenvalue weighted by molar-refractivity contribution is -0.137. The number of hydrogen-bond acceptors (Lipinski definition) is 5. The summed E-state index contributed by atoms with van der Waals surface area (Å²) in [6.07, 6.45) is 3.20. The van der Waals surface area contributed by atoms with Crippen molar-refractivity contribution in [1.82, 2.24) is 9.88 Å². The number of thiazole rings is 1. The fraction of sp³-hybridized carbons (Fsp3) is 0.241. The van der Waals surface area contributed by atoms with E-state index in [1.54, 1.807) is 42.0 Å². The second kappa shape index (κ2) is 11.4. The number of benzene rings is 2. The number of anilines is 1. The Balaban J connectivity index is 1.21. The Hall–Kier alpha value is -3.69. The molecule has 1 amide bonds. The number of para-hydroxylation sites is 1. The van der Waals surface area contributed by atoms with Crippen LogP contribution in [0.4, 0.5) is 18.9 Å². The molecule has 5 nitrogen and oxygen atoms in total. The average Bonchev–Trinajstić information content (AvgIpc) is 3.62. The lowest BCUT2D eigenvalue weighted by Crippen LogP contribution is -2.33. The Morgan fingerprint density at radius 2 is 1.92 bits per heavy atom. The molecule has 0 radical (unpaired) electrons. The number of furan rings is 1. The fourth-order valence-corrected chi connectivity index (χ4v) is 5.51. The molecule has 196 valence electrons. The number of carbonyl (C=O) groups is 1. The van der Waals surface area contributed by atoms with E-state index in [4.69, 9.17) is 4.42 Å². The first-order valence-electron chi connectivity index (χ1n) is 12.3. The van der Waals surface area contributed by atoms with Crippen molar-refractivity contribution in [3.63, 3.8) is 0 Å². The largest absolute Gasteiger partial charge is 0.465 e. The number of carbonyl (C=O) groups excluding carboxylic acids is 1. The predicted octanol–water partition coefficient (Wildman–Crippen LogP) is 7.57. The molecule has 1 aliphatic heterocycles. The van der Waals surface area contributed by atoms with E-state index in [0.29, 0.717) is 28.4 Å². The molecule has 0 atom stereocenters. The highest BCUT2D eigenvalue weighted by Gasteiger charge is 2.30. The van der Waals surface area contributed by atoms with Gasteiger partial charge in [0.2, 0.25) is 0 Å². The third-order valence-corrected chi connectivity index (χ3v) is 7.56. The summed E-state index contributed by atoms with van der Waals surface area (Å²) < 4.78 is 45.0. The molecule has 9 heteroatoms. The number of hydrogen-bond donors (Lipinski definition) is 1. The van der Waals surface area contributed by atoms with Crippen LogP contribution in [-0.4, -0.2) is 35.4 Å². The first-order valence-corrected chi connectivity index (χ1v) is 13.2. The summed E-state index contributed by atoms with van der Waals surface area (Å²) in [4.78, 5) is 20.0. The molecule has 38 heavy (non-hydrogen) atoms. The molecule has 2 aromatic heterocycles. The molecule has 1 saturated heterocycles. The van der Waals surface area contributed by atoms with Gasteiger partial charge in [0.05, 0.1) is 16.8 Å². The maximum absolute atomic E-state index is 13.2. The number of nitrogens with one attached hydrogen (secondary N) is 1. The van der Waals surface area contributed by atoms with Crippen molar-refractivity contribution in [3.05, 3.63) is 100 Å². The van der Waals surface area contributed by atoms with E-state index in [1.807, 2.05) is 18.2 Å². The van der Waals surface area contributed by atoms with Crippen LogP contribution >= 0.6 is 11.3 Å². The second-order valence-corrected chi connectivity index (χ2v) is 10.0. The highest BCUT2D eigenvalue weighted by molar-refractivity contribution is 7.10. The van der Waals surface area contributed by atoms with Crippen molar-refractivity contribution < 1.29 is 22.4 Å². The van der Waals surface area contributed by atoms with E-state index in [-0.39, 0.29) is 5.91 Å². The Morgan fingerprint density at radius 1 is 1.11 bits per heavy atom. The number of halogens is 3. The molecule has 0 spiro atoms. The van der Waals surface area contributed by atoms with Gasteiger partial charge in [-0.3, -0.25) is 9.69 Å². The van der Waals surface area contributed by atoms with Gasteiger partial charge in [0, 0.05) is 29.1 Å². The number of alkyl halides is 3. The molecule has 1 N–H and O–H groups in total. The number of piperidine rings is 1. The first-order chi connectivity index (χ1) is 18.4. The van der Waals surface area contributed by atoms with Gasteiger partial charge in [0.1, 0.15) is 11.5 Å². The summed E-state index contributed by atoms with van der Waals surface area (Å²) in [5, 5.41) is 5.53. The number of nitrogens with zero attached hydrogens (tertiary/aromatic N) is 2. The van der Waals surface area contributed by atoms with Crippen LogP contribution in [0.2, 0.25) is 0 Å². The lowest BCUT2D eigenvalue weighted by Gasteiger charge is -2.30. The molecular weight excluding hydrogens is 511 g/mol. The molecule has 4 aromatic rings. The molecule has 0 unspecified atom stereocenters. The monoisotopic (exact) mass is 537 g/mol. The summed E-state index contributed by atoms with van der Waals surface area (Å²) in [6, 6.07) is 15.7. The zero-order valence-corrected chi connectivity index (χ0v) is 21.3. The zero-order chi connectivity index (χ0) is 26.5. The van der Waals surface area contributed by atoms with Crippen LogP contribution in [0.25, 0.3) is 17.2 Å². The van der Waals surface area contributed by atoms with Crippen LogP contribution in [-0.2, 0) is 6.18 Å². The highest BCUT2D eigenvalue weighted by Crippen LogP contribution is 2.35. The highest BCUT2D eigenvalue weighted by atomic mass is 32.1. The minimum atomic E-state index is -4.45. The Morgan fingerprint density at radius 3 is 2.68 bits per heavy atom. The minimum Gasteiger partial charge on any atom is -0.465 e. The molecular formula is C29H26F3N3O2S. The van der Waals surface area contributed by atoms with Crippen molar-refractivity contribution in [2.75, 3.05) is 25.0 Å². The van der Waals surface area contributed by atoms with Gasteiger partial charge in [-0.15, -0.1) is 11.3 Å². The van der Waals surface area contributed by atoms with Crippen LogP contribution < -0.4 is 5.32 Å². The number of rotatable bonds is 7. The molecule has 0 bridgehead atoms.